The van der Waals surface area contributed by atoms with E-state index in [4.69, 9.17) is 9.72 Å². The van der Waals surface area contributed by atoms with E-state index in [9.17, 15) is 4.79 Å². The summed E-state index contributed by atoms with van der Waals surface area (Å²) in [5, 5.41) is 5.11. The largest absolute Gasteiger partial charge is 0.383 e. The number of amides is 2. The van der Waals surface area contributed by atoms with Crippen LogP contribution in [-0.4, -0.2) is 47.1 Å². The Morgan fingerprint density at radius 2 is 1.75 bits per heavy atom. The molecule has 7 heteroatoms. The zero-order chi connectivity index (χ0) is 22.5. The van der Waals surface area contributed by atoms with Gasteiger partial charge in [0.1, 0.15) is 0 Å². The highest BCUT2D eigenvalue weighted by Gasteiger charge is 2.16. The molecule has 0 saturated heterocycles. The number of benzene rings is 2. The van der Waals surface area contributed by atoms with Crippen LogP contribution in [0.1, 0.15) is 16.8 Å². The molecular formula is C25H28N4O2S. The van der Waals surface area contributed by atoms with Crippen molar-refractivity contribution in [1.82, 2.24) is 14.3 Å². The number of nitrogens with one attached hydrogen (secondary N) is 1. The SMILES string of the molecule is COCCN(CCc1csc2nc(-c3ccc(C)cc3)cn12)C(=O)Nc1ccc(C)cc1. The minimum absolute atomic E-state index is 0.122. The Hall–Kier alpha value is -3.16. The maximum Gasteiger partial charge on any atom is 0.321 e. The summed E-state index contributed by atoms with van der Waals surface area (Å²) in [6.45, 7) is 5.71. The van der Waals surface area contributed by atoms with Gasteiger partial charge < -0.3 is 15.0 Å². The lowest BCUT2D eigenvalue weighted by Crippen LogP contribution is -2.38. The molecule has 2 aromatic carbocycles. The Morgan fingerprint density at radius 3 is 2.44 bits per heavy atom. The summed E-state index contributed by atoms with van der Waals surface area (Å²) in [4.78, 5) is 20.4. The average Bonchev–Trinajstić information content (AvgIpc) is 3.37. The summed E-state index contributed by atoms with van der Waals surface area (Å²) < 4.78 is 7.35. The van der Waals surface area contributed by atoms with Gasteiger partial charge in [0.25, 0.3) is 0 Å². The molecule has 1 N–H and O–H groups in total. The van der Waals surface area contributed by atoms with Gasteiger partial charge in [-0.3, -0.25) is 4.40 Å². The second-order valence-corrected chi connectivity index (χ2v) is 8.73. The highest BCUT2D eigenvalue weighted by Crippen LogP contribution is 2.24. The fourth-order valence-electron chi connectivity index (χ4n) is 3.48. The number of ether oxygens (including phenoxy) is 1. The van der Waals surface area contributed by atoms with Gasteiger partial charge in [-0.25, -0.2) is 9.78 Å². The van der Waals surface area contributed by atoms with Gasteiger partial charge in [-0.05, 0) is 26.0 Å². The lowest BCUT2D eigenvalue weighted by molar-refractivity contribution is 0.155. The molecule has 0 aliphatic carbocycles. The van der Waals surface area contributed by atoms with Crippen LogP contribution in [0.2, 0.25) is 0 Å². The summed E-state index contributed by atoms with van der Waals surface area (Å²) >= 11 is 1.62. The van der Waals surface area contributed by atoms with Crippen LogP contribution in [0, 0.1) is 13.8 Å². The van der Waals surface area contributed by atoms with E-state index in [1.807, 2.05) is 31.2 Å². The van der Waals surface area contributed by atoms with E-state index in [2.05, 4.69) is 52.5 Å². The third kappa shape index (κ3) is 5.18. The van der Waals surface area contributed by atoms with E-state index >= 15 is 0 Å². The third-order valence-corrected chi connectivity index (χ3v) is 6.31. The second-order valence-electron chi connectivity index (χ2n) is 7.90. The minimum atomic E-state index is -0.122. The van der Waals surface area contributed by atoms with Crippen molar-refractivity contribution in [3.05, 3.63) is 76.9 Å². The number of carbonyl (C=O) groups excluding carboxylic acids is 1. The zero-order valence-electron chi connectivity index (χ0n) is 18.7. The monoisotopic (exact) mass is 448 g/mol. The maximum absolute atomic E-state index is 12.9. The van der Waals surface area contributed by atoms with E-state index in [-0.39, 0.29) is 6.03 Å². The average molecular weight is 449 g/mol. The predicted octanol–water partition coefficient (Wildman–Crippen LogP) is 5.40. The second kappa shape index (κ2) is 9.97. The minimum Gasteiger partial charge on any atom is -0.383 e. The van der Waals surface area contributed by atoms with Crippen molar-refractivity contribution in [1.29, 1.82) is 0 Å². The number of aromatic nitrogens is 2. The van der Waals surface area contributed by atoms with Crippen molar-refractivity contribution in [3.8, 4) is 11.3 Å². The quantitative estimate of drug-likeness (QED) is 0.392. The molecule has 4 aromatic rings. The predicted molar refractivity (Wildman–Crippen MR) is 131 cm³/mol. The van der Waals surface area contributed by atoms with E-state index in [0.29, 0.717) is 19.7 Å². The lowest BCUT2D eigenvalue weighted by Gasteiger charge is -2.22. The molecule has 2 amide bonds. The van der Waals surface area contributed by atoms with Gasteiger partial charge >= 0.3 is 6.03 Å². The third-order valence-electron chi connectivity index (χ3n) is 5.42. The van der Waals surface area contributed by atoms with Gasteiger partial charge in [-0.2, -0.15) is 0 Å². The molecule has 0 fully saturated rings. The molecule has 0 atom stereocenters. The van der Waals surface area contributed by atoms with Crippen LogP contribution in [0.4, 0.5) is 10.5 Å². The van der Waals surface area contributed by atoms with Gasteiger partial charge in [0.2, 0.25) is 0 Å². The Balaban J connectivity index is 1.46. The summed E-state index contributed by atoms with van der Waals surface area (Å²) in [5.74, 6) is 0. The van der Waals surface area contributed by atoms with Gasteiger partial charge in [0, 0.05) is 55.1 Å². The smallest absolute Gasteiger partial charge is 0.321 e. The summed E-state index contributed by atoms with van der Waals surface area (Å²) in [6, 6.07) is 16.1. The van der Waals surface area contributed by atoms with Crippen LogP contribution in [0.15, 0.2) is 60.1 Å². The van der Waals surface area contributed by atoms with Crippen LogP contribution in [0.3, 0.4) is 0 Å². The summed E-state index contributed by atoms with van der Waals surface area (Å²) in [6.07, 6.45) is 2.81. The van der Waals surface area contributed by atoms with Crippen LogP contribution >= 0.6 is 11.3 Å². The molecule has 0 unspecified atom stereocenters. The molecule has 0 aliphatic rings. The molecule has 4 rings (SSSR count). The number of thiazole rings is 1. The van der Waals surface area contributed by atoms with E-state index in [0.717, 1.165) is 39.6 Å². The number of urea groups is 1. The first-order valence-electron chi connectivity index (χ1n) is 10.7. The molecule has 0 spiro atoms. The molecule has 6 nitrogen and oxygen atoms in total. The maximum atomic E-state index is 12.9. The van der Waals surface area contributed by atoms with Gasteiger partial charge in [-0.15, -0.1) is 11.3 Å². The van der Waals surface area contributed by atoms with Crippen LogP contribution in [-0.2, 0) is 11.2 Å². The number of fused-ring (bicyclic) bond motifs is 1. The van der Waals surface area contributed by atoms with Gasteiger partial charge in [-0.1, -0.05) is 47.5 Å². The fourth-order valence-corrected chi connectivity index (χ4v) is 4.39. The highest BCUT2D eigenvalue weighted by atomic mass is 32.1. The van der Waals surface area contributed by atoms with Crippen LogP contribution in [0.5, 0.6) is 0 Å². The number of anilines is 1. The van der Waals surface area contributed by atoms with Crippen LogP contribution in [0.25, 0.3) is 16.2 Å². The Labute approximate surface area is 192 Å². The van der Waals surface area contributed by atoms with Crippen molar-refractivity contribution < 1.29 is 9.53 Å². The first kappa shape index (κ1) is 22.0. The zero-order valence-corrected chi connectivity index (χ0v) is 19.5. The number of imidazole rings is 1. The Morgan fingerprint density at radius 1 is 1.06 bits per heavy atom. The molecule has 0 aliphatic heterocycles. The Kier molecular flexibility index (Phi) is 6.87. The molecule has 0 bridgehead atoms. The number of hydrogen-bond acceptors (Lipinski definition) is 4. The standard InChI is InChI=1S/C25H28N4O2S/c1-18-4-8-20(9-5-18)23-16-29-22(17-32-25(29)27-23)12-13-28(14-15-31-3)24(30)26-21-10-6-19(2)7-11-21/h4-11,16-17H,12-15H2,1-3H3,(H,26,30). The number of hydrogen-bond donors (Lipinski definition) is 1. The topological polar surface area (TPSA) is 58.9 Å². The Bertz CT molecular complexity index is 1180. The number of rotatable bonds is 8. The fraction of sp³-hybridized carbons (Fsp3) is 0.280. The summed E-state index contributed by atoms with van der Waals surface area (Å²) in [7, 11) is 1.65. The molecule has 0 radical (unpaired) electrons. The number of nitrogens with zero attached hydrogens (tertiary/aromatic N) is 3. The van der Waals surface area contributed by atoms with Crippen LogP contribution < -0.4 is 5.32 Å². The molecule has 2 aromatic heterocycles. The molecular weight excluding hydrogens is 420 g/mol. The number of methoxy groups -OCH3 is 1. The highest BCUT2D eigenvalue weighted by molar-refractivity contribution is 7.15. The lowest BCUT2D eigenvalue weighted by atomic mass is 10.1. The van der Waals surface area contributed by atoms with Crippen molar-refractivity contribution in [2.75, 3.05) is 32.1 Å². The van der Waals surface area contributed by atoms with E-state index in [1.54, 1.807) is 23.3 Å². The number of carbonyl (C=O) groups is 1. The van der Waals surface area contributed by atoms with Crippen molar-refractivity contribution >= 4 is 28.0 Å². The summed E-state index contributed by atoms with van der Waals surface area (Å²) in [5.41, 5.74) is 6.39. The van der Waals surface area contributed by atoms with Crippen molar-refractivity contribution in [2.45, 2.75) is 20.3 Å². The molecule has 0 saturated carbocycles. The molecule has 32 heavy (non-hydrogen) atoms. The molecule has 166 valence electrons. The van der Waals surface area contributed by atoms with Crippen molar-refractivity contribution in [2.24, 2.45) is 0 Å². The van der Waals surface area contributed by atoms with Gasteiger partial charge in [0.15, 0.2) is 4.96 Å². The van der Waals surface area contributed by atoms with E-state index < -0.39 is 0 Å². The first-order valence-corrected chi connectivity index (χ1v) is 11.6. The van der Waals surface area contributed by atoms with Gasteiger partial charge in [0.05, 0.1) is 12.3 Å². The normalized spacial score (nSPS) is 11.1. The molecule has 2 heterocycles. The first-order chi connectivity index (χ1) is 15.5. The number of aryl methyl sites for hydroxylation is 2. The van der Waals surface area contributed by atoms with Crippen molar-refractivity contribution in [3.63, 3.8) is 0 Å². The van der Waals surface area contributed by atoms with E-state index in [1.165, 1.54) is 5.56 Å².